The molecular weight excluding hydrogens is 318 g/mol. The maximum atomic E-state index is 11.9. The number of aryl methyl sites for hydroxylation is 1. The third-order valence-electron chi connectivity index (χ3n) is 3.00. The van der Waals surface area contributed by atoms with Crippen molar-refractivity contribution < 1.29 is 13.2 Å². The molecule has 1 unspecified atom stereocenters. The van der Waals surface area contributed by atoms with E-state index in [-0.39, 0.29) is 23.5 Å². The molecule has 1 aromatic carbocycles. The summed E-state index contributed by atoms with van der Waals surface area (Å²) in [7, 11) is -2.96. The lowest BCUT2D eigenvalue weighted by molar-refractivity contribution is 0.0941. The van der Waals surface area contributed by atoms with Crippen molar-refractivity contribution in [2.45, 2.75) is 19.4 Å². The van der Waals surface area contributed by atoms with Crippen LogP contribution in [0.4, 0.5) is 0 Å². The molecule has 0 aliphatic carbocycles. The molecule has 1 amide bonds. The molecule has 1 saturated heterocycles. The standard InChI is InChI=1S/C12H14BrNO3S/c1-8-2-3-9(6-11(8)13)12(15)14-10-4-5-18(16,17)7-10/h2-3,6,10H,4-5,7H2,1H3,(H,14,15). The van der Waals surface area contributed by atoms with Gasteiger partial charge in [-0.1, -0.05) is 22.0 Å². The van der Waals surface area contributed by atoms with Gasteiger partial charge in [-0.05, 0) is 31.0 Å². The lowest BCUT2D eigenvalue weighted by atomic mass is 10.1. The van der Waals surface area contributed by atoms with E-state index in [1.165, 1.54) is 0 Å². The highest BCUT2D eigenvalue weighted by molar-refractivity contribution is 9.10. The van der Waals surface area contributed by atoms with Crippen molar-refractivity contribution in [3.05, 3.63) is 33.8 Å². The highest BCUT2D eigenvalue weighted by Crippen LogP contribution is 2.18. The molecule has 0 spiro atoms. The Morgan fingerprint density at radius 1 is 1.44 bits per heavy atom. The summed E-state index contributed by atoms with van der Waals surface area (Å²) in [6.45, 7) is 1.94. The van der Waals surface area contributed by atoms with Crippen molar-refractivity contribution in [2.24, 2.45) is 0 Å². The number of rotatable bonds is 2. The van der Waals surface area contributed by atoms with Crippen molar-refractivity contribution in [3.8, 4) is 0 Å². The Balaban J connectivity index is 2.06. The molecular formula is C12H14BrNO3S. The molecule has 6 heteroatoms. The molecule has 2 rings (SSSR count). The number of sulfone groups is 1. The average Bonchev–Trinajstić information content (AvgIpc) is 2.62. The van der Waals surface area contributed by atoms with E-state index >= 15 is 0 Å². The van der Waals surface area contributed by atoms with Crippen LogP contribution in [0, 0.1) is 6.92 Å². The molecule has 0 radical (unpaired) electrons. The minimum Gasteiger partial charge on any atom is -0.348 e. The van der Waals surface area contributed by atoms with Gasteiger partial charge in [-0.2, -0.15) is 0 Å². The van der Waals surface area contributed by atoms with Gasteiger partial charge in [0.15, 0.2) is 9.84 Å². The molecule has 1 N–H and O–H groups in total. The van der Waals surface area contributed by atoms with Gasteiger partial charge in [0.2, 0.25) is 0 Å². The van der Waals surface area contributed by atoms with Crippen molar-refractivity contribution in [2.75, 3.05) is 11.5 Å². The van der Waals surface area contributed by atoms with Crippen LogP contribution >= 0.6 is 15.9 Å². The molecule has 1 aliphatic heterocycles. The molecule has 98 valence electrons. The van der Waals surface area contributed by atoms with Gasteiger partial charge in [0.1, 0.15) is 0 Å². The molecule has 1 atom stereocenters. The van der Waals surface area contributed by atoms with E-state index < -0.39 is 9.84 Å². The van der Waals surface area contributed by atoms with Gasteiger partial charge in [0, 0.05) is 16.1 Å². The number of carbonyl (C=O) groups excluding carboxylic acids is 1. The first kappa shape index (κ1) is 13.5. The zero-order valence-electron chi connectivity index (χ0n) is 9.94. The summed E-state index contributed by atoms with van der Waals surface area (Å²) >= 11 is 3.37. The fourth-order valence-electron chi connectivity index (χ4n) is 1.91. The zero-order valence-corrected chi connectivity index (χ0v) is 12.3. The monoisotopic (exact) mass is 331 g/mol. The Bertz CT molecular complexity index is 583. The first-order valence-electron chi connectivity index (χ1n) is 5.65. The van der Waals surface area contributed by atoms with E-state index in [0.717, 1.165) is 10.0 Å². The second-order valence-electron chi connectivity index (χ2n) is 4.54. The molecule has 0 aromatic heterocycles. The summed E-state index contributed by atoms with van der Waals surface area (Å²) in [6, 6.07) is 5.07. The van der Waals surface area contributed by atoms with Gasteiger partial charge >= 0.3 is 0 Å². The largest absolute Gasteiger partial charge is 0.348 e. The number of hydrogen-bond donors (Lipinski definition) is 1. The summed E-state index contributed by atoms with van der Waals surface area (Å²) in [5, 5.41) is 2.76. The van der Waals surface area contributed by atoms with Crippen LogP contribution < -0.4 is 5.32 Å². The molecule has 0 bridgehead atoms. The van der Waals surface area contributed by atoms with Gasteiger partial charge < -0.3 is 5.32 Å². The van der Waals surface area contributed by atoms with Crippen LogP contribution in [-0.2, 0) is 9.84 Å². The lowest BCUT2D eigenvalue weighted by Gasteiger charge is -2.11. The zero-order chi connectivity index (χ0) is 13.3. The molecule has 1 heterocycles. The second kappa shape index (κ2) is 5.01. The number of nitrogens with one attached hydrogen (secondary N) is 1. The van der Waals surface area contributed by atoms with E-state index in [1.54, 1.807) is 12.1 Å². The van der Waals surface area contributed by atoms with E-state index in [4.69, 9.17) is 0 Å². The highest BCUT2D eigenvalue weighted by Gasteiger charge is 2.29. The highest BCUT2D eigenvalue weighted by atomic mass is 79.9. The summed E-state index contributed by atoms with van der Waals surface area (Å²) in [4.78, 5) is 11.9. The molecule has 1 fully saturated rings. The predicted octanol–water partition coefficient (Wildman–Crippen LogP) is 1.67. The SMILES string of the molecule is Cc1ccc(C(=O)NC2CCS(=O)(=O)C2)cc1Br. The Morgan fingerprint density at radius 3 is 2.72 bits per heavy atom. The van der Waals surface area contributed by atoms with Crippen LogP contribution in [0.1, 0.15) is 22.3 Å². The van der Waals surface area contributed by atoms with Crippen molar-refractivity contribution in [1.29, 1.82) is 0 Å². The van der Waals surface area contributed by atoms with Crippen molar-refractivity contribution >= 4 is 31.7 Å². The molecule has 18 heavy (non-hydrogen) atoms. The number of benzene rings is 1. The maximum absolute atomic E-state index is 11.9. The average molecular weight is 332 g/mol. The van der Waals surface area contributed by atoms with E-state index in [0.29, 0.717) is 12.0 Å². The van der Waals surface area contributed by atoms with Gasteiger partial charge in [-0.3, -0.25) is 4.79 Å². The van der Waals surface area contributed by atoms with Crippen LogP contribution in [0.3, 0.4) is 0 Å². The van der Waals surface area contributed by atoms with Gasteiger partial charge in [-0.25, -0.2) is 8.42 Å². The minimum absolute atomic E-state index is 0.0474. The van der Waals surface area contributed by atoms with Crippen LogP contribution in [0.2, 0.25) is 0 Å². The molecule has 1 aromatic rings. The van der Waals surface area contributed by atoms with Crippen molar-refractivity contribution in [1.82, 2.24) is 5.32 Å². The quantitative estimate of drug-likeness (QED) is 0.896. The van der Waals surface area contributed by atoms with Gasteiger partial charge in [0.25, 0.3) is 5.91 Å². The summed E-state index contributed by atoms with van der Waals surface area (Å²) < 4.78 is 23.5. The van der Waals surface area contributed by atoms with E-state index in [2.05, 4.69) is 21.2 Å². The summed E-state index contributed by atoms with van der Waals surface area (Å²) in [5.74, 6) is -0.0146. The van der Waals surface area contributed by atoms with Crippen LogP contribution in [0.5, 0.6) is 0 Å². The Labute approximate surface area is 115 Å². The van der Waals surface area contributed by atoms with Gasteiger partial charge in [-0.15, -0.1) is 0 Å². The predicted molar refractivity (Wildman–Crippen MR) is 73.4 cm³/mol. The number of amides is 1. The lowest BCUT2D eigenvalue weighted by Crippen LogP contribution is -2.35. The third-order valence-corrected chi connectivity index (χ3v) is 5.62. The third kappa shape index (κ3) is 3.11. The van der Waals surface area contributed by atoms with Crippen LogP contribution in [-0.4, -0.2) is 31.9 Å². The van der Waals surface area contributed by atoms with Gasteiger partial charge in [0.05, 0.1) is 11.5 Å². The summed E-state index contributed by atoms with van der Waals surface area (Å²) in [6.07, 6.45) is 0.501. The first-order valence-corrected chi connectivity index (χ1v) is 8.26. The number of halogens is 1. The smallest absolute Gasteiger partial charge is 0.251 e. The number of carbonyl (C=O) groups is 1. The fraction of sp³-hybridized carbons (Fsp3) is 0.417. The topological polar surface area (TPSA) is 63.2 Å². The van der Waals surface area contributed by atoms with Crippen molar-refractivity contribution in [3.63, 3.8) is 0 Å². The summed E-state index contributed by atoms with van der Waals surface area (Å²) in [5.41, 5.74) is 1.59. The van der Waals surface area contributed by atoms with Crippen LogP contribution in [0.15, 0.2) is 22.7 Å². The Hall–Kier alpha value is -0.880. The first-order chi connectivity index (χ1) is 8.37. The molecule has 0 saturated carbocycles. The van der Waals surface area contributed by atoms with E-state index in [1.807, 2.05) is 13.0 Å². The number of hydrogen-bond acceptors (Lipinski definition) is 3. The fourth-order valence-corrected chi connectivity index (χ4v) is 3.96. The molecule has 1 aliphatic rings. The minimum atomic E-state index is -2.96. The second-order valence-corrected chi connectivity index (χ2v) is 7.62. The van der Waals surface area contributed by atoms with Crippen LogP contribution in [0.25, 0.3) is 0 Å². The normalized spacial score (nSPS) is 21.8. The van der Waals surface area contributed by atoms with E-state index in [9.17, 15) is 13.2 Å². The maximum Gasteiger partial charge on any atom is 0.251 e. The molecule has 4 nitrogen and oxygen atoms in total. The Morgan fingerprint density at radius 2 is 2.17 bits per heavy atom. The Kier molecular flexibility index (Phi) is 3.77.